The quantitative estimate of drug-likeness (QED) is 0.446. The van der Waals surface area contributed by atoms with E-state index >= 15 is 0 Å². The highest BCUT2D eigenvalue weighted by molar-refractivity contribution is 7.20. The van der Waals surface area contributed by atoms with Crippen LogP contribution in [0, 0.1) is 0 Å². The lowest BCUT2D eigenvalue weighted by atomic mass is 9.92. The normalized spacial score (nSPS) is 19.1. The molecule has 3 aromatic rings. The van der Waals surface area contributed by atoms with Crippen LogP contribution in [-0.2, 0) is 26.3 Å². The SMILES string of the molecule is CCOC(=O)c1cc2cc(NC(=O)CN3C(=O)NC4(CCc5ccccc54)C3=O)ccc2s1. The molecule has 2 aliphatic rings. The fourth-order valence-corrected chi connectivity index (χ4v) is 5.44. The molecule has 1 spiro atoms. The van der Waals surface area contributed by atoms with Crippen LogP contribution in [-0.4, -0.2) is 41.9 Å². The standard InChI is InChI=1S/C24H21N3O5S/c1-2-32-21(29)19-12-15-11-16(7-8-18(15)33-19)25-20(28)13-27-22(30)24(26-23(27)31)10-9-14-5-3-4-6-17(14)24/h3-8,11-12H,2,9-10,13H2,1H3,(H,25,28)(H,26,31). The molecule has 9 heteroatoms. The van der Waals surface area contributed by atoms with Crippen molar-refractivity contribution in [1.82, 2.24) is 10.2 Å². The summed E-state index contributed by atoms with van der Waals surface area (Å²) in [6, 6.07) is 14.0. The zero-order valence-corrected chi connectivity index (χ0v) is 18.7. The number of anilines is 1. The molecule has 0 bridgehead atoms. The number of benzene rings is 2. The molecule has 1 aliphatic heterocycles. The molecule has 2 heterocycles. The van der Waals surface area contributed by atoms with Gasteiger partial charge in [0.2, 0.25) is 5.91 Å². The van der Waals surface area contributed by atoms with Crippen LogP contribution in [0.25, 0.3) is 10.1 Å². The van der Waals surface area contributed by atoms with Gasteiger partial charge in [0.1, 0.15) is 17.0 Å². The minimum atomic E-state index is -1.09. The van der Waals surface area contributed by atoms with Gasteiger partial charge in [-0.1, -0.05) is 24.3 Å². The molecule has 2 N–H and O–H groups in total. The third-order valence-corrected chi connectivity index (χ3v) is 7.10. The number of nitrogens with one attached hydrogen (secondary N) is 2. The number of esters is 1. The number of imide groups is 1. The van der Waals surface area contributed by atoms with Crippen molar-refractivity contribution in [2.45, 2.75) is 25.3 Å². The average molecular weight is 464 g/mol. The number of aryl methyl sites for hydroxylation is 1. The van der Waals surface area contributed by atoms with Gasteiger partial charge in [-0.2, -0.15) is 0 Å². The highest BCUT2D eigenvalue weighted by Gasteiger charge is 2.55. The monoisotopic (exact) mass is 463 g/mol. The summed E-state index contributed by atoms with van der Waals surface area (Å²) in [6.07, 6.45) is 1.17. The number of nitrogens with zero attached hydrogens (tertiary/aromatic N) is 1. The Labute approximate surface area is 193 Å². The second-order valence-corrected chi connectivity index (χ2v) is 9.10. The summed E-state index contributed by atoms with van der Waals surface area (Å²) < 4.78 is 5.92. The van der Waals surface area contributed by atoms with Gasteiger partial charge in [0.15, 0.2) is 0 Å². The van der Waals surface area contributed by atoms with E-state index in [2.05, 4.69) is 10.6 Å². The molecular weight excluding hydrogens is 442 g/mol. The largest absolute Gasteiger partial charge is 0.462 e. The van der Waals surface area contributed by atoms with Crippen LogP contribution in [0.15, 0.2) is 48.5 Å². The van der Waals surface area contributed by atoms with Gasteiger partial charge >= 0.3 is 12.0 Å². The summed E-state index contributed by atoms with van der Waals surface area (Å²) in [5, 5.41) is 6.35. The number of rotatable bonds is 5. The van der Waals surface area contributed by atoms with Crippen molar-refractivity contribution >= 4 is 50.9 Å². The summed E-state index contributed by atoms with van der Waals surface area (Å²) in [4.78, 5) is 51.9. The second-order valence-electron chi connectivity index (χ2n) is 8.02. The fraction of sp³-hybridized carbons (Fsp3) is 0.250. The van der Waals surface area contributed by atoms with Crippen LogP contribution in [0.1, 0.15) is 34.1 Å². The highest BCUT2D eigenvalue weighted by Crippen LogP contribution is 2.41. The number of amides is 4. The third kappa shape index (κ3) is 3.54. The van der Waals surface area contributed by atoms with Crippen molar-refractivity contribution in [3.63, 3.8) is 0 Å². The van der Waals surface area contributed by atoms with Gasteiger partial charge in [-0.15, -0.1) is 11.3 Å². The van der Waals surface area contributed by atoms with Crippen LogP contribution in [0.5, 0.6) is 0 Å². The molecule has 1 unspecified atom stereocenters. The van der Waals surface area contributed by atoms with E-state index in [0.717, 1.165) is 26.1 Å². The number of carbonyl (C=O) groups is 4. The van der Waals surface area contributed by atoms with Crippen LogP contribution in [0.3, 0.4) is 0 Å². The Hall–Kier alpha value is -3.72. The maximum absolute atomic E-state index is 13.2. The van der Waals surface area contributed by atoms with E-state index in [1.807, 2.05) is 24.3 Å². The Bertz CT molecular complexity index is 1320. The number of thiophene rings is 1. The van der Waals surface area contributed by atoms with Crippen LogP contribution >= 0.6 is 11.3 Å². The average Bonchev–Trinajstić information content (AvgIpc) is 3.45. The molecule has 1 saturated heterocycles. The van der Waals surface area contributed by atoms with Crippen LogP contribution in [0.2, 0.25) is 0 Å². The van der Waals surface area contributed by atoms with Crippen molar-refractivity contribution in [1.29, 1.82) is 0 Å². The number of hydrogen-bond acceptors (Lipinski definition) is 6. The zero-order valence-electron chi connectivity index (χ0n) is 17.8. The minimum absolute atomic E-state index is 0.296. The number of ether oxygens (including phenoxy) is 1. The smallest absolute Gasteiger partial charge is 0.348 e. The first kappa shape index (κ1) is 21.1. The third-order valence-electron chi connectivity index (χ3n) is 6.00. The van der Waals surface area contributed by atoms with Gasteiger partial charge in [0.05, 0.1) is 6.61 Å². The molecule has 5 rings (SSSR count). The van der Waals surface area contributed by atoms with E-state index < -0.39 is 23.4 Å². The summed E-state index contributed by atoms with van der Waals surface area (Å²) >= 11 is 1.31. The van der Waals surface area contributed by atoms with E-state index in [9.17, 15) is 19.2 Å². The first-order valence-corrected chi connectivity index (χ1v) is 11.5. The Morgan fingerprint density at radius 2 is 2.00 bits per heavy atom. The number of carbonyl (C=O) groups excluding carboxylic acids is 4. The predicted octanol–water partition coefficient (Wildman–Crippen LogP) is 3.41. The maximum Gasteiger partial charge on any atom is 0.348 e. The molecule has 8 nitrogen and oxygen atoms in total. The van der Waals surface area contributed by atoms with Gasteiger partial charge in [-0.3, -0.25) is 14.5 Å². The van der Waals surface area contributed by atoms with Crippen molar-refractivity contribution in [3.05, 3.63) is 64.5 Å². The van der Waals surface area contributed by atoms with E-state index in [0.29, 0.717) is 30.0 Å². The molecule has 4 amide bonds. The summed E-state index contributed by atoms with van der Waals surface area (Å²) in [7, 11) is 0. The molecule has 0 radical (unpaired) electrons. The first-order valence-electron chi connectivity index (χ1n) is 10.6. The molecular formula is C24H21N3O5S. The van der Waals surface area contributed by atoms with Crippen molar-refractivity contribution in [2.75, 3.05) is 18.5 Å². The first-order chi connectivity index (χ1) is 15.9. The molecule has 1 fully saturated rings. The fourth-order valence-electron chi connectivity index (χ4n) is 4.50. The van der Waals surface area contributed by atoms with Crippen LogP contribution < -0.4 is 10.6 Å². The summed E-state index contributed by atoms with van der Waals surface area (Å²) in [5.41, 5.74) is 1.25. The molecule has 0 saturated carbocycles. The van der Waals surface area contributed by atoms with Gasteiger partial charge in [0.25, 0.3) is 5.91 Å². The van der Waals surface area contributed by atoms with Gasteiger partial charge in [-0.25, -0.2) is 9.59 Å². The highest BCUT2D eigenvalue weighted by atomic mass is 32.1. The molecule has 1 aromatic heterocycles. The lowest BCUT2D eigenvalue weighted by Gasteiger charge is -2.22. The Balaban J connectivity index is 1.30. The van der Waals surface area contributed by atoms with E-state index in [1.54, 1.807) is 31.2 Å². The van der Waals surface area contributed by atoms with Crippen molar-refractivity contribution in [3.8, 4) is 0 Å². The molecule has 2 aromatic carbocycles. The van der Waals surface area contributed by atoms with Crippen LogP contribution in [0.4, 0.5) is 10.5 Å². The predicted molar refractivity (Wildman–Crippen MR) is 123 cm³/mol. The summed E-state index contributed by atoms with van der Waals surface area (Å²) in [6.45, 7) is 1.66. The Morgan fingerprint density at radius 3 is 2.82 bits per heavy atom. The van der Waals surface area contributed by atoms with Crippen molar-refractivity contribution < 1.29 is 23.9 Å². The number of fused-ring (bicyclic) bond motifs is 3. The molecule has 33 heavy (non-hydrogen) atoms. The number of hydrogen-bond donors (Lipinski definition) is 2. The second kappa shape index (κ2) is 8.00. The Kier molecular flexibility index (Phi) is 5.13. The zero-order chi connectivity index (χ0) is 23.2. The summed E-state index contributed by atoms with van der Waals surface area (Å²) in [5.74, 6) is -1.27. The van der Waals surface area contributed by atoms with Gasteiger partial charge in [0, 0.05) is 10.4 Å². The van der Waals surface area contributed by atoms with Gasteiger partial charge < -0.3 is 15.4 Å². The molecule has 168 valence electrons. The Morgan fingerprint density at radius 1 is 1.18 bits per heavy atom. The van der Waals surface area contributed by atoms with Crippen molar-refractivity contribution in [2.24, 2.45) is 0 Å². The minimum Gasteiger partial charge on any atom is -0.462 e. The lowest BCUT2D eigenvalue weighted by molar-refractivity contribution is -0.134. The molecule has 1 aliphatic carbocycles. The van der Waals surface area contributed by atoms with E-state index in [-0.39, 0.29) is 12.5 Å². The molecule has 1 atom stereocenters. The van der Waals surface area contributed by atoms with E-state index in [4.69, 9.17) is 4.74 Å². The maximum atomic E-state index is 13.2. The number of urea groups is 1. The topological polar surface area (TPSA) is 105 Å². The lowest BCUT2D eigenvalue weighted by Crippen LogP contribution is -2.42. The van der Waals surface area contributed by atoms with Gasteiger partial charge in [-0.05, 0) is 60.5 Å². The van der Waals surface area contributed by atoms with E-state index in [1.165, 1.54) is 11.3 Å².